The second-order valence-corrected chi connectivity index (χ2v) is 5.15. The van der Waals surface area contributed by atoms with Gasteiger partial charge in [0.2, 0.25) is 5.82 Å². The van der Waals surface area contributed by atoms with E-state index in [9.17, 15) is 22.0 Å². The van der Waals surface area contributed by atoms with Gasteiger partial charge in [-0.1, -0.05) is 0 Å². The Morgan fingerprint density at radius 2 is 1.88 bits per heavy atom. The first kappa shape index (κ1) is 18.0. The fourth-order valence-corrected chi connectivity index (χ4v) is 2.33. The SMILES string of the molecule is COCc1cc(-c2ccc3nnc(C(F)F)n3n2)ccc1OC(F)(F)F. The highest BCUT2D eigenvalue weighted by Crippen LogP contribution is 2.31. The highest BCUT2D eigenvalue weighted by atomic mass is 19.4. The van der Waals surface area contributed by atoms with Gasteiger partial charge in [0.1, 0.15) is 5.75 Å². The number of methoxy groups -OCH3 is 1. The molecule has 0 spiro atoms. The van der Waals surface area contributed by atoms with Gasteiger partial charge in [0.15, 0.2) is 5.65 Å². The van der Waals surface area contributed by atoms with Gasteiger partial charge < -0.3 is 9.47 Å². The average Bonchev–Trinajstić information content (AvgIpc) is 2.98. The predicted octanol–water partition coefficient (Wildman–Crippen LogP) is 3.77. The summed E-state index contributed by atoms with van der Waals surface area (Å²) in [4.78, 5) is 0. The van der Waals surface area contributed by atoms with Crippen LogP contribution in [0.2, 0.25) is 0 Å². The number of hydrogen-bond acceptors (Lipinski definition) is 5. The number of benzene rings is 1. The minimum atomic E-state index is -4.85. The van der Waals surface area contributed by atoms with E-state index >= 15 is 0 Å². The molecule has 0 atom stereocenters. The van der Waals surface area contributed by atoms with Crippen molar-refractivity contribution < 1.29 is 31.4 Å². The molecular formula is C15H11F5N4O2. The van der Waals surface area contributed by atoms with Crippen LogP contribution in [0.5, 0.6) is 5.75 Å². The quantitative estimate of drug-likeness (QED) is 0.636. The van der Waals surface area contributed by atoms with Crippen molar-refractivity contribution in [2.24, 2.45) is 0 Å². The molecule has 3 aromatic rings. The van der Waals surface area contributed by atoms with E-state index in [1.807, 2.05) is 0 Å². The van der Waals surface area contributed by atoms with E-state index in [1.54, 1.807) is 0 Å². The van der Waals surface area contributed by atoms with Crippen LogP contribution in [-0.4, -0.2) is 33.3 Å². The minimum absolute atomic E-state index is 0.123. The molecule has 0 N–H and O–H groups in total. The van der Waals surface area contributed by atoms with Crippen molar-refractivity contribution in [2.75, 3.05) is 7.11 Å². The largest absolute Gasteiger partial charge is 0.573 e. The van der Waals surface area contributed by atoms with Crippen LogP contribution in [0.1, 0.15) is 17.8 Å². The zero-order valence-electron chi connectivity index (χ0n) is 13.2. The maximum absolute atomic E-state index is 12.9. The summed E-state index contributed by atoms with van der Waals surface area (Å²) in [6.45, 7) is -0.142. The average molecular weight is 374 g/mol. The Morgan fingerprint density at radius 3 is 2.54 bits per heavy atom. The number of halogens is 5. The van der Waals surface area contributed by atoms with E-state index in [0.717, 1.165) is 10.6 Å². The molecule has 0 bridgehead atoms. The van der Waals surface area contributed by atoms with Crippen molar-refractivity contribution >= 4 is 5.65 Å². The van der Waals surface area contributed by atoms with Crippen LogP contribution >= 0.6 is 0 Å². The van der Waals surface area contributed by atoms with Gasteiger partial charge in [-0.15, -0.1) is 23.4 Å². The van der Waals surface area contributed by atoms with Crippen LogP contribution in [0.15, 0.2) is 30.3 Å². The summed E-state index contributed by atoms with van der Waals surface area (Å²) in [5.74, 6) is -1.04. The first-order valence-electron chi connectivity index (χ1n) is 7.17. The molecule has 1 aromatic carbocycles. The maximum Gasteiger partial charge on any atom is 0.573 e. The fraction of sp³-hybridized carbons (Fsp3) is 0.267. The number of fused-ring (bicyclic) bond motifs is 1. The molecule has 0 saturated carbocycles. The molecule has 6 nitrogen and oxygen atoms in total. The maximum atomic E-state index is 12.9. The van der Waals surface area contributed by atoms with Crippen molar-refractivity contribution in [1.82, 2.24) is 19.8 Å². The summed E-state index contributed by atoms with van der Waals surface area (Å²) < 4.78 is 73.0. The first-order valence-corrected chi connectivity index (χ1v) is 7.17. The van der Waals surface area contributed by atoms with E-state index < -0.39 is 24.4 Å². The van der Waals surface area contributed by atoms with Gasteiger partial charge in [-0.25, -0.2) is 8.78 Å². The Hall–Kier alpha value is -2.82. The van der Waals surface area contributed by atoms with Gasteiger partial charge in [-0.2, -0.15) is 9.61 Å². The zero-order chi connectivity index (χ0) is 18.9. The summed E-state index contributed by atoms with van der Waals surface area (Å²) in [7, 11) is 1.32. The highest BCUT2D eigenvalue weighted by molar-refractivity contribution is 5.63. The third kappa shape index (κ3) is 3.72. The fourth-order valence-electron chi connectivity index (χ4n) is 2.33. The Morgan fingerprint density at radius 1 is 1.12 bits per heavy atom. The molecule has 26 heavy (non-hydrogen) atoms. The molecule has 11 heteroatoms. The molecule has 0 aliphatic rings. The number of nitrogens with zero attached hydrogens (tertiary/aromatic N) is 4. The van der Waals surface area contributed by atoms with E-state index in [4.69, 9.17) is 4.74 Å². The third-order valence-electron chi connectivity index (χ3n) is 3.36. The van der Waals surface area contributed by atoms with Crippen molar-refractivity contribution in [3.8, 4) is 17.0 Å². The molecule has 0 saturated heterocycles. The van der Waals surface area contributed by atoms with E-state index in [0.29, 0.717) is 5.56 Å². The predicted molar refractivity (Wildman–Crippen MR) is 78.6 cm³/mol. The minimum Gasteiger partial charge on any atom is -0.405 e. The van der Waals surface area contributed by atoms with E-state index in [1.165, 1.54) is 31.4 Å². The van der Waals surface area contributed by atoms with Crippen LogP contribution in [0.4, 0.5) is 22.0 Å². The number of ether oxygens (including phenoxy) is 2. The van der Waals surface area contributed by atoms with E-state index in [-0.39, 0.29) is 23.5 Å². The Bertz CT molecular complexity index is 926. The monoisotopic (exact) mass is 374 g/mol. The molecule has 2 aromatic heterocycles. The molecule has 2 heterocycles. The molecular weight excluding hydrogens is 363 g/mol. The lowest BCUT2D eigenvalue weighted by Crippen LogP contribution is -2.18. The lowest BCUT2D eigenvalue weighted by Gasteiger charge is -2.14. The number of hydrogen-bond donors (Lipinski definition) is 0. The van der Waals surface area contributed by atoms with Crippen LogP contribution in [0.3, 0.4) is 0 Å². The zero-order valence-corrected chi connectivity index (χ0v) is 13.2. The van der Waals surface area contributed by atoms with Gasteiger partial charge in [0.05, 0.1) is 12.3 Å². The van der Waals surface area contributed by atoms with Gasteiger partial charge in [-0.3, -0.25) is 0 Å². The number of aromatic nitrogens is 4. The van der Waals surface area contributed by atoms with Gasteiger partial charge >= 0.3 is 6.36 Å². The molecule has 3 rings (SSSR count). The lowest BCUT2D eigenvalue weighted by molar-refractivity contribution is -0.275. The van der Waals surface area contributed by atoms with Crippen molar-refractivity contribution in [2.45, 2.75) is 19.4 Å². The van der Waals surface area contributed by atoms with Crippen LogP contribution in [-0.2, 0) is 11.3 Å². The molecule has 0 radical (unpaired) electrons. The Balaban J connectivity index is 2.04. The number of rotatable bonds is 5. The second kappa shape index (κ2) is 6.83. The third-order valence-corrected chi connectivity index (χ3v) is 3.36. The van der Waals surface area contributed by atoms with Gasteiger partial charge in [0, 0.05) is 18.2 Å². The smallest absolute Gasteiger partial charge is 0.405 e. The normalized spacial score (nSPS) is 12.1. The molecule has 0 aliphatic carbocycles. The molecule has 0 amide bonds. The van der Waals surface area contributed by atoms with Gasteiger partial charge in [0.25, 0.3) is 6.43 Å². The Labute approximate surface area is 143 Å². The second-order valence-electron chi connectivity index (χ2n) is 5.15. The molecule has 0 unspecified atom stereocenters. The lowest BCUT2D eigenvalue weighted by atomic mass is 10.1. The summed E-state index contributed by atoms with van der Waals surface area (Å²) in [5, 5.41) is 11.0. The summed E-state index contributed by atoms with van der Waals surface area (Å²) in [6, 6.07) is 6.75. The summed E-state index contributed by atoms with van der Waals surface area (Å²) in [6.07, 6.45) is -7.73. The first-order chi connectivity index (χ1) is 12.3. The molecule has 138 valence electrons. The number of alkyl halides is 5. The highest BCUT2D eigenvalue weighted by Gasteiger charge is 2.32. The van der Waals surface area contributed by atoms with Crippen LogP contribution in [0.25, 0.3) is 16.9 Å². The summed E-state index contributed by atoms with van der Waals surface area (Å²) >= 11 is 0. The summed E-state index contributed by atoms with van der Waals surface area (Å²) in [5.41, 5.74) is 0.887. The van der Waals surface area contributed by atoms with Crippen LogP contribution in [0, 0.1) is 0 Å². The van der Waals surface area contributed by atoms with Crippen molar-refractivity contribution in [3.63, 3.8) is 0 Å². The standard InChI is InChI=1S/C15H11F5N4O2/c1-25-7-9-6-8(2-4-11(9)26-15(18,19)20)10-3-5-12-21-22-14(13(16)17)24(12)23-10/h2-6,13H,7H2,1H3. The molecule has 0 fully saturated rings. The van der Waals surface area contributed by atoms with Gasteiger partial charge in [-0.05, 0) is 30.3 Å². The van der Waals surface area contributed by atoms with E-state index in [2.05, 4.69) is 20.0 Å². The van der Waals surface area contributed by atoms with Crippen molar-refractivity contribution in [3.05, 3.63) is 41.7 Å². The van der Waals surface area contributed by atoms with Crippen molar-refractivity contribution in [1.29, 1.82) is 0 Å². The Kier molecular flexibility index (Phi) is 4.72. The topological polar surface area (TPSA) is 61.5 Å². The molecule has 0 aliphatic heterocycles. The van der Waals surface area contributed by atoms with Crippen LogP contribution < -0.4 is 4.74 Å².